The molecular formula is C10H19NOS. The van der Waals surface area contributed by atoms with Crippen molar-refractivity contribution in [3.8, 4) is 0 Å². The van der Waals surface area contributed by atoms with E-state index in [1.807, 2.05) is 6.08 Å². The first kappa shape index (κ1) is 10.9. The first-order chi connectivity index (χ1) is 6.16. The Labute approximate surface area is 83.5 Å². The molecule has 2 nitrogen and oxygen atoms in total. The summed E-state index contributed by atoms with van der Waals surface area (Å²) in [5, 5.41) is 0.318. The number of hydrogen-bond acceptors (Lipinski definition) is 2. The third kappa shape index (κ3) is 2.64. The maximum absolute atomic E-state index is 11.5. The van der Waals surface area contributed by atoms with Crippen LogP contribution in [0.4, 0.5) is 0 Å². The van der Waals surface area contributed by atoms with Gasteiger partial charge in [0, 0.05) is 40.9 Å². The van der Waals surface area contributed by atoms with Crippen molar-refractivity contribution in [2.45, 2.75) is 31.6 Å². The van der Waals surface area contributed by atoms with Gasteiger partial charge in [-0.15, -0.1) is 6.58 Å². The molecule has 0 aromatic rings. The largest absolute Gasteiger partial charge is 0.298 e. The first-order valence-corrected chi connectivity index (χ1v) is 6.27. The Morgan fingerprint density at radius 1 is 1.62 bits per heavy atom. The molecular weight excluding hydrogens is 182 g/mol. The molecule has 3 unspecified atom stereocenters. The van der Waals surface area contributed by atoms with Gasteiger partial charge < -0.3 is 0 Å². The molecule has 1 aliphatic heterocycles. The first-order valence-electron chi connectivity index (χ1n) is 4.89. The second kappa shape index (κ2) is 4.91. The van der Waals surface area contributed by atoms with Gasteiger partial charge in [-0.3, -0.25) is 9.11 Å². The van der Waals surface area contributed by atoms with Gasteiger partial charge in [-0.2, -0.15) is 0 Å². The van der Waals surface area contributed by atoms with Gasteiger partial charge in [0.25, 0.3) is 0 Å². The van der Waals surface area contributed by atoms with Crippen molar-refractivity contribution < 1.29 is 4.21 Å². The molecule has 1 heterocycles. The minimum Gasteiger partial charge on any atom is -0.298 e. The van der Waals surface area contributed by atoms with Crippen LogP contribution in [0.5, 0.6) is 0 Å². The number of hydrogen-bond donors (Lipinski definition) is 0. The van der Waals surface area contributed by atoms with E-state index in [-0.39, 0.29) is 0 Å². The summed E-state index contributed by atoms with van der Waals surface area (Å²) in [5.41, 5.74) is 0. The van der Waals surface area contributed by atoms with Gasteiger partial charge in [0.05, 0.1) is 0 Å². The molecule has 0 bridgehead atoms. The molecule has 0 spiro atoms. The lowest BCUT2D eigenvalue weighted by atomic mass is 10.2. The average molecular weight is 201 g/mol. The zero-order valence-corrected chi connectivity index (χ0v) is 9.35. The van der Waals surface area contributed by atoms with Gasteiger partial charge in [-0.1, -0.05) is 6.08 Å². The molecule has 0 saturated carbocycles. The summed E-state index contributed by atoms with van der Waals surface area (Å²) in [6.45, 7) is 10.0. The van der Waals surface area contributed by atoms with Gasteiger partial charge in [-0.25, -0.2) is 0 Å². The van der Waals surface area contributed by atoms with E-state index in [9.17, 15) is 4.21 Å². The van der Waals surface area contributed by atoms with Crippen molar-refractivity contribution in [2.75, 3.05) is 18.8 Å². The maximum Gasteiger partial charge on any atom is 0.0473 e. The second-order valence-electron chi connectivity index (χ2n) is 3.64. The van der Waals surface area contributed by atoms with Crippen LogP contribution in [0.15, 0.2) is 12.7 Å². The van der Waals surface area contributed by atoms with E-state index in [2.05, 4.69) is 25.3 Å². The smallest absolute Gasteiger partial charge is 0.0473 e. The predicted molar refractivity (Wildman–Crippen MR) is 58.3 cm³/mol. The fourth-order valence-corrected chi connectivity index (χ4v) is 3.08. The summed E-state index contributed by atoms with van der Waals surface area (Å²) < 4.78 is 11.5. The lowest BCUT2D eigenvalue weighted by Gasteiger charge is -2.37. The van der Waals surface area contributed by atoms with E-state index in [0.29, 0.717) is 11.3 Å². The average Bonchev–Trinajstić information content (AvgIpc) is 2.13. The fourth-order valence-electron chi connectivity index (χ4n) is 1.69. The molecule has 1 rings (SSSR count). The van der Waals surface area contributed by atoms with Crippen LogP contribution in [-0.2, 0) is 10.8 Å². The second-order valence-corrected chi connectivity index (χ2v) is 5.56. The fraction of sp³-hybridized carbons (Fsp3) is 0.800. The van der Waals surface area contributed by atoms with Crippen LogP contribution < -0.4 is 0 Å². The Kier molecular flexibility index (Phi) is 4.13. The van der Waals surface area contributed by atoms with Gasteiger partial charge >= 0.3 is 0 Å². The molecule has 0 amide bonds. The zero-order valence-electron chi connectivity index (χ0n) is 8.53. The molecule has 13 heavy (non-hydrogen) atoms. The monoisotopic (exact) mass is 201 g/mol. The van der Waals surface area contributed by atoms with Crippen LogP contribution >= 0.6 is 0 Å². The van der Waals surface area contributed by atoms with E-state index in [4.69, 9.17) is 0 Å². The van der Waals surface area contributed by atoms with Crippen LogP contribution in [0.25, 0.3) is 0 Å². The highest BCUT2D eigenvalue weighted by Gasteiger charge is 2.28. The molecule has 0 N–H and O–H groups in total. The SMILES string of the molecule is C=CCCN1CCS(=O)C(C)C1C. The summed E-state index contributed by atoms with van der Waals surface area (Å²) in [7, 11) is -0.609. The van der Waals surface area contributed by atoms with E-state index >= 15 is 0 Å². The van der Waals surface area contributed by atoms with Crippen molar-refractivity contribution in [1.29, 1.82) is 0 Å². The molecule has 3 atom stereocenters. The van der Waals surface area contributed by atoms with Crippen LogP contribution in [0.2, 0.25) is 0 Å². The third-order valence-electron chi connectivity index (χ3n) is 2.87. The van der Waals surface area contributed by atoms with Crippen molar-refractivity contribution in [3.05, 3.63) is 12.7 Å². The van der Waals surface area contributed by atoms with Crippen LogP contribution in [0, 0.1) is 0 Å². The van der Waals surface area contributed by atoms with Crippen molar-refractivity contribution in [2.24, 2.45) is 0 Å². The third-order valence-corrected chi connectivity index (χ3v) is 4.68. The van der Waals surface area contributed by atoms with Crippen molar-refractivity contribution in [3.63, 3.8) is 0 Å². The predicted octanol–water partition coefficient (Wildman–Crippen LogP) is 1.40. The lowest BCUT2D eigenvalue weighted by Crippen LogP contribution is -2.49. The van der Waals surface area contributed by atoms with Gasteiger partial charge in [-0.05, 0) is 20.3 Å². The van der Waals surface area contributed by atoms with Gasteiger partial charge in [0.1, 0.15) is 0 Å². The molecule has 76 valence electrons. The quantitative estimate of drug-likeness (QED) is 0.643. The highest BCUT2D eigenvalue weighted by atomic mass is 32.2. The van der Waals surface area contributed by atoms with Crippen LogP contribution in [-0.4, -0.2) is 39.2 Å². The topological polar surface area (TPSA) is 20.3 Å². The van der Waals surface area contributed by atoms with Gasteiger partial charge in [0.15, 0.2) is 0 Å². The summed E-state index contributed by atoms with van der Waals surface area (Å²) in [4.78, 5) is 2.41. The van der Waals surface area contributed by atoms with Crippen LogP contribution in [0.3, 0.4) is 0 Å². The van der Waals surface area contributed by atoms with Crippen LogP contribution in [0.1, 0.15) is 20.3 Å². The van der Waals surface area contributed by atoms with E-state index in [1.165, 1.54) is 0 Å². The molecule has 1 saturated heterocycles. The summed E-state index contributed by atoms with van der Waals surface area (Å²) in [6.07, 6.45) is 2.98. The normalized spacial score (nSPS) is 36.0. The molecule has 0 aromatic carbocycles. The molecule has 0 aromatic heterocycles. The minimum atomic E-state index is -0.609. The summed E-state index contributed by atoms with van der Waals surface area (Å²) >= 11 is 0. The Balaban J connectivity index is 2.48. The number of nitrogens with zero attached hydrogens (tertiary/aromatic N) is 1. The van der Waals surface area contributed by atoms with Gasteiger partial charge in [0.2, 0.25) is 0 Å². The van der Waals surface area contributed by atoms with E-state index in [0.717, 1.165) is 25.3 Å². The van der Waals surface area contributed by atoms with Crippen molar-refractivity contribution in [1.82, 2.24) is 4.90 Å². The highest BCUT2D eigenvalue weighted by molar-refractivity contribution is 7.85. The zero-order chi connectivity index (χ0) is 9.84. The standard InChI is InChI=1S/C10H19NOS/c1-4-5-6-11-7-8-13(12)10(3)9(11)2/h4,9-10H,1,5-8H2,2-3H3. The molecule has 1 fully saturated rings. The molecule has 1 aliphatic rings. The summed E-state index contributed by atoms with van der Waals surface area (Å²) in [6, 6.07) is 0.453. The Morgan fingerprint density at radius 2 is 2.31 bits per heavy atom. The minimum absolute atomic E-state index is 0.318. The Morgan fingerprint density at radius 3 is 2.92 bits per heavy atom. The lowest BCUT2D eigenvalue weighted by molar-refractivity contribution is 0.213. The molecule has 0 aliphatic carbocycles. The number of rotatable bonds is 3. The van der Waals surface area contributed by atoms with E-state index in [1.54, 1.807) is 0 Å². The van der Waals surface area contributed by atoms with Crippen molar-refractivity contribution >= 4 is 10.8 Å². The molecule has 0 radical (unpaired) electrons. The Bertz CT molecular complexity index is 203. The van der Waals surface area contributed by atoms with E-state index < -0.39 is 10.8 Å². The molecule has 3 heteroatoms. The Hall–Kier alpha value is -0.150. The summed E-state index contributed by atoms with van der Waals surface area (Å²) in [5.74, 6) is 0.836. The maximum atomic E-state index is 11.5. The highest BCUT2D eigenvalue weighted by Crippen LogP contribution is 2.16.